The van der Waals surface area contributed by atoms with Crippen molar-refractivity contribution in [2.24, 2.45) is 5.92 Å². The molecular formula is C33H38N4O2. The number of hydrogen-bond donors (Lipinski definition) is 2. The number of benzene rings is 3. The minimum atomic E-state index is -0.0367. The second-order valence-corrected chi connectivity index (χ2v) is 11.2. The fraction of sp³-hybridized carbons (Fsp3) is 0.394. The Kier molecular flexibility index (Phi) is 7.64. The lowest BCUT2D eigenvalue weighted by molar-refractivity contribution is 0.0912. The maximum Gasteiger partial charge on any atom is 0.251 e. The van der Waals surface area contributed by atoms with Crippen molar-refractivity contribution < 1.29 is 9.53 Å². The molecule has 2 aliphatic rings. The Hall–Kier alpha value is -3.64. The summed E-state index contributed by atoms with van der Waals surface area (Å²) in [7, 11) is 2.16. The van der Waals surface area contributed by atoms with Crippen LogP contribution in [0.4, 0.5) is 0 Å². The number of nitrogens with one attached hydrogen (secondary N) is 2. The number of ether oxygens (including phenoxy) is 1. The van der Waals surface area contributed by atoms with Crippen LogP contribution in [-0.4, -0.2) is 47.2 Å². The lowest BCUT2D eigenvalue weighted by Gasteiger charge is -2.31. The monoisotopic (exact) mass is 522 g/mol. The smallest absolute Gasteiger partial charge is 0.251 e. The molecule has 202 valence electrons. The molecule has 1 aromatic heterocycles. The Morgan fingerprint density at radius 2 is 1.69 bits per heavy atom. The largest absolute Gasteiger partial charge is 0.490 e. The van der Waals surface area contributed by atoms with Crippen LogP contribution in [0.25, 0.3) is 22.2 Å². The van der Waals surface area contributed by atoms with Gasteiger partial charge < -0.3 is 15.0 Å². The van der Waals surface area contributed by atoms with Gasteiger partial charge in [0.05, 0.1) is 17.3 Å². The second-order valence-electron chi connectivity index (χ2n) is 11.2. The van der Waals surface area contributed by atoms with E-state index in [-0.39, 0.29) is 18.1 Å². The van der Waals surface area contributed by atoms with Crippen LogP contribution in [0.3, 0.4) is 0 Å². The summed E-state index contributed by atoms with van der Waals surface area (Å²) in [6.07, 6.45) is 8.44. The quantitative estimate of drug-likeness (QED) is 0.282. The Bertz CT molecular complexity index is 1380. The zero-order chi connectivity index (χ0) is 26.6. The highest BCUT2D eigenvalue weighted by Crippen LogP contribution is 2.35. The van der Waals surface area contributed by atoms with Crippen LogP contribution in [-0.2, 0) is 0 Å². The summed E-state index contributed by atoms with van der Waals surface area (Å²) in [5.74, 6) is 1.32. The van der Waals surface area contributed by atoms with Gasteiger partial charge in [0, 0.05) is 29.6 Å². The zero-order valence-corrected chi connectivity index (χ0v) is 22.7. The van der Waals surface area contributed by atoms with Crippen LogP contribution in [0.1, 0.15) is 66.9 Å². The van der Waals surface area contributed by atoms with E-state index in [9.17, 15) is 4.79 Å². The van der Waals surface area contributed by atoms with Crippen molar-refractivity contribution in [3.63, 3.8) is 0 Å². The number of H-pyrrole nitrogens is 1. The molecule has 0 bridgehead atoms. The van der Waals surface area contributed by atoms with E-state index >= 15 is 0 Å². The fourth-order valence-corrected chi connectivity index (χ4v) is 6.19. The summed E-state index contributed by atoms with van der Waals surface area (Å²) in [6.45, 7) is 2.15. The Labute approximate surface area is 230 Å². The Morgan fingerprint density at radius 3 is 2.44 bits per heavy atom. The molecule has 2 heterocycles. The average Bonchev–Trinajstić information content (AvgIpc) is 3.42. The van der Waals surface area contributed by atoms with Crippen molar-refractivity contribution in [3.8, 4) is 17.0 Å². The first-order valence-corrected chi connectivity index (χ1v) is 14.4. The molecule has 4 aromatic rings. The Morgan fingerprint density at radius 1 is 0.949 bits per heavy atom. The molecule has 0 spiro atoms. The molecule has 3 aromatic carbocycles. The first-order chi connectivity index (χ1) is 19.1. The number of fused-ring (bicyclic) bond motifs is 1. The summed E-state index contributed by atoms with van der Waals surface area (Å²) < 4.78 is 6.23. The van der Waals surface area contributed by atoms with Gasteiger partial charge in [-0.3, -0.25) is 9.89 Å². The lowest BCUT2D eigenvalue weighted by Crippen LogP contribution is -2.35. The molecule has 1 saturated heterocycles. The van der Waals surface area contributed by atoms with E-state index in [2.05, 4.69) is 63.9 Å². The third kappa shape index (κ3) is 5.86. The zero-order valence-electron chi connectivity index (χ0n) is 22.7. The number of nitrogens with zero attached hydrogens (tertiary/aromatic N) is 2. The molecule has 1 aliphatic carbocycles. The maximum atomic E-state index is 13.6. The number of carbonyl (C=O) groups is 1. The van der Waals surface area contributed by atoms with Gasteiger partial charge in [0.1, 0.15) is 11.9 Å². The summed E-state index contributed by atoms with van der Waals surface area (Å²) in [5.41, 5.74) is 4.60. The van der Waals surface area contributed by atoms with Gasteiger partial charge in [-0.2, -0.15) is 5.10 Å². The molecule has 2 N–H and O–H groups in total. The predicted octanol–water partition coefficient (Wildman–Crippen LogP) is 6.75. The first kappa shape index (κ1) is 25.6. The van der Waals surface area contributed by atoms with Gasteiger partial charge in [-0.05, 0) is 86.7 Å². The number of likely N-dealkylation sites (tertiary alicyclic amines) is 1. The van der Waals surface area contributed by atoms with E-state index in [4.69, 9.17) is 4.74 Å². The number of rotatable bonds is 7. The van der Waals surface area contributed by atoms with Gasteiger partial charge in [-0.1, -0.05) is 49.6 Å². The molecule has 1 aliphatic heterocycles. The van der Waals surface area contributed by atoms with E-state index in [0.29, 0.717) is 11.5 Å². The summed E-state index contributed by atoms with van der Waals surface area (Å²) >= 11 is 0. The molecule has 6 rings (SSSR count). The Balaban J connectivity index is 1.21. The minimum absolute atomic E-state index is 0.0237. The molecule has 1 saturated carbocycles. The van der Waals surface area contributed by atoms with Gasteiger partial charge in [0.2, 0.25) is 0 Å². The van der Waals surface area contributed by atoms with Gasteiger partial charge in [0.25, 0.3) is 5.91 Å². The predicted molar refractivity (Wildman–Crippen MR) is 156 cm³/mol. The van der Waals surface area contributed by atoms with Crippen molar-refractivity contribution in [3.05, 3.63) is 83.9 Å². The number of aromatic amines is 1. The molecule has 2 fully saturated rings. The highest BCUT2D eigenvalue weighted by atomic mass is 16.5. The number of amides is 1. The molecule has 6 nitrogen and oxygen atoms in total. The number of aromatic nitrogens is 2. The number of carbonyl (C=O) groups excluding carboxylic acids is 1. The molecule has 6 heteroatoms. The third-order valence-electron chi connectivity index (χ3n) is 8.49. The normalized spacial score (nSPS) is 18.2. The van der Waals surface area contributed by atoms with Crippen molar-refractivity contribution in [1.82, 2.24) is 20.4 Å². The van der Waals surface area contributed by atoms with E-state index in [1.165, 1.54) is 24.8 Å². The van der Waals surface area contributed by atoms with Gasteiger partial charge >= 0.3 is 0 Å². The fourth-order valence-electron chi connectivity index (χ4n) is 6.19. The molecule has 0 radical (unpaired) electrons. The summed E-state index contributed by atoms with van der Waals surface area (Å²) in [6, 6.07) is 24.4. The lowest BCUT2D eigenvalue weighted by atomic mass is 9.81. The van der Waals surface area contributed by atoms with E-state index in [1.54, 1.807) is 0 Å². The SMILES string of the molecule is CN1CCC(Oc2ccc(-c3n[nH]c4ccc(C(=O)NC(c5ccccc5)C5CCCCC5)cc34)cc2)CC1. The molecule has 1 amide bonds. The molecular weight excluding hydrogens is 484 g/mol. The van der Waals surface area contributed by atoms with Gasteiger partial charge in [0.15, 0.2) is 0 Å². The molecule has 1 atom stereocenters. The summed E-state index contributed by atoms with van der Waals surface area (Å²) in [5, 5.41) is 12.1. The third-order valence-corrected chi connectivity index (χ3v) is 8.49. The van der Waals surface area contributed by atoms with Crippen LogP contribution in [0.15, 0.2) is 72.8 Å². The van der Waals surface area contributed by atoms with Crippen LogP contribution < -0.4 is 10.1 Å². The van der Waals surface area contributed by atoms with Crippen molar-refractivity contribution in [2.75, 3.05) is 20.1 Å². The number of piperidine rings is 1. The van der Waals surface area contributed by atoms with E-state index < -0.39 is 0 Å². The van der Waals surface area contributed by atoms with Crippen LogP contribution in [0.5, 0.6) is 5.75 Å². The standard InChI is InChI=1S/C33H38N4O2/c1-37-20-18-28(19-21-37)39-27-15-12-25(13-16-27)32-29-22-26(14-17-30(29)35-36-32)33(38)34-31(23-8-4-2-5-9-23)24-10-6-3-7-11-24/h2,4-5,8-9,12-17,22,24,28,31H,3,6-7,10-11,18-21H2,1H3,(H,34,38)(H,35,36). The minimum Gasteiger partial charge on any atom is -0.490 e. The van der Waals surface area contributed by atoms with Crippen LogP contribution in [0, 0.1) is 5.92 Å². The van der Waals surface area contributed by atoms with Gasteiger partial charge in [-0.15, -0.1) is 0 Å². The average molecular weight is 523 g/mol. The topological polar surface area (TPSA) is 70.2 Å². The first-order valence-electron chi connectivity index (χ1n) is 14.4. The highest BCUT2D eigenvalue weighted by molar-refractivity contribution is 6.01. The van der Waals surface area contributed by atoms with E-state index in [1.807, 2.05) is 36.4 Å². The van der Waals surface area contributed by atoms with Crippen LogP contribution in [0.2, 0.25) is 0 Å². The number of hydrogen-bond acceptors (Lipinski definition) is 4. The van der Waals surface area contributed by atoms with Crippen molar-refractivity contribution in [1.29, 1.82) is 0 Å². The maximum absolute atomic E-state index is 13.6. The van der Waals surface area contributed by atoms with Crippen molar-refractivity contribution in [2.45, 2.75) is 57.1 Å². The molecule has 39 heavy (non-hydrogen) atoms. The summed E-state index contributed by atoms with van der Waals surface area (Å²) in [4.78, 5) is 15.9. The van der Waals surface area contributed by atoms with Gasteiger partial charge in [-0.25, -0.2) is 0 Å². The highest BCUT2D eigenvalue weighted by Gasteiger charge is 2.27. The van der Waals surface area contributed by atoms with Crippen LogP contribution >= 0.6 is 0 Å². The second kappa shape index (κ2) is 11.6. The molecule has 1 unspecified atom stereocenters. The van der Waals surface area contributed by atoms with Crippen molar-refractivity contribution >= 4 is 16.8 Å². The van der Waals surface area contributed by atoms with E-state index in [0.717, 1.165) is 66.7 Å².